The Bertz CT molecular complexity index is 330. The van der Waals surface area contributed by atoms with E-state index in [2.05, 4.69) is 127 Å². The van der Waals surface area contributed by atoms with Crippen molar-refractivity contribution < 1.29 is 21.1 Å². The van der Waals surface area contributed by atoms with Crippen LogP contribution in [0.25, 0.3) is 0 Å². The van der Waals surface area contributed by atoms with Gasteiger partial charge in [0, 0.05) is 84.5 Å². The molecule has 0 saturated carbocycles. The summed E-state index contributed by atoms with van der Waals surface area (Å²) in [6.45, 7) is 39.8. The molecule has 190 valence electrons. The summed E-state index contributed by atoms with van der Waals surface area (Å²) in [4.78, 5) is 0. The molecule has 0 aliphatic heterocycles. The van der Waals surface area contributed by atoms with Gasteiger partial charge in [-0.05, 0) is 41.5 Å². The van der Waals surface area contributed by atoms with Gasteiger partial charge < -0.3 is 0 Å². The summed E-state index contributed by atoms with van der Waals surface area (Å²) in [6, 6.07) is 0. The molecule has 0 fully saturated rings. The fraction of sp³-hybridized carbons (Fsp3) is 1.00. The standard InChI is InChI=1S/2C12H29N3.W/c2*1-8-13(9-2)15(12(5,6)7)14(10-3)11-4;/h2*8-11H2,1-7H3;. The normalized spacial score (nSPS) is 12.8. The summed E-state index contributed by atoms with van der Waals surface area (Å²) in [5.74, 6) is 0. The molecule has 0 rings (SSSR count). The number of hydrogen-bond acceptors (Lipinski definition) is 6. The van der Waals surface area contributed by atoms with Crippen molar-refractivity contribution in [2.24, 2.45) is 0 Å². The van der Waals surface area contributed by atoms with Gasteiger partial charge in [-0.15, -0.1) is 0 Å². The molecule has 0 aromatic rings. The van der Waals surface area contributed by atoms with Crippen molar-refractivity contribution in [1.82, 2.24) is 30.3 Å². The fourth-order valence-corrected chi connectivity index (χ4v) is 4.02. The Morgan fingerprint density at radius 3 is 0.548 bits per heavy atom. The maximum atomic E-state index is 2.41. The number of nitrogens with zero attached hydrogens (tertiary/aromatic N) is 6. The molecule has 0 N–H and O–H groups in total. The maximum absolute atomic E-state index is 2.41. The molecule has 0 saturated heterocycles. The van der Waals surface area contributed by atoms with Crippen LogP contribution in [0.4, 0.5) is 0 Å². The van der Waals surface area contributed by atoms with E-state index in [0.29, 0.717) is 0 Å². The van der Waals surface area contributed by atoms with Gasteiger partial charge >= 0.3 is 0 Å². The molecule has 0 aromatic heterocycles. The zero-order valence-corrected chi connectivity index (χ0v) is 26.7. The second kappa shape index (κ2) is 17.9. The van der Waals surface area contributed by atoms with E-state index in [1.165, 1.54) is 0 Å². The number of hydrogen-bond donors (Lipinski definition) is 0. The molecule has 0 aliphatic rings. The molecular weight excluding hydrogens is 556 g/mol. The quantitative estimate of drug-likeness (QED) is 0.280. The van der Waals surface area contributed by atoms with Crippen molar-refractivity contribution in [2.75, 3.05) is 52.4 Å². The zero-order chi connectivity index (χ0) is 24.1. The molecule has 0 bridgehead atoms. The first-order chi connectivity index (χ1) is 13.8. The van der Waals surface area contributed by atoms with E-state index in [1.807, 2.05) is 0 Å². The smallest absolute Gasteiger partial charge is 0.0430 e. The summed E-state index contributed by atoms with van der Waals surface area (Å²) in [5, 5.41) is 14.4. The van der Waals surface area contributed by atoms with Crippen molar-refractivity contribution in [3.05, 3.63) is 0 Å². The molecule has 0 radical (unpaired) electrons. The maximum Gasteiger partial charge on any atom is 0.0430 e. The monoisotopic (exact) mass is 614 g/mol. The van der Waals surface area contributed by atoms with Crippen molar-refractivity contribution in [1.29, 1.82) is 0 Å². The molecule has 31 heavy (non-hydrogen) atoms. The SMILES string of the molecule is CCN(CC)N(N(CC)CC)C(C)(C)C.CCN(CC)N(N(CC)CC)C(C)(C)C.[W]. The molecule has 0 aliphatic carbocycles. The third-order valence-corrected chi connectivity index (χ3v) is 5.19. The van der Waals surface area contributed by atoms with E-state index in [-0.39, 0.29) is 32.1 Å². The average Bonchev–Trinajstić information content (AvgIpc) is 2.67. The van der Waals surface area contributed by atoms with E-state index in [1.54, 1.807) is 0 Å². The Morgan fingerprint density at radius 2 is 0.484 bits per heavy atom. The summed E-state index contributed by atoms with van der Waals surface area (Å²) in [5.41, 5.74) is 0.302. The first kappa shape index (κ1) is 36.0. The summed E-state index contributed by atoms with van der Waals surface area (Å²) in [6.07, 6.45) is 0. The minimum Gasteiger partial charge on any atom is -0.228 e. The van der Waals surface area contributed by atoms with Crippen molar-refractivity contribution in [2.45, 2.75) is 108 Å². The Labute approximate surface area is 211 Å². The van der Waals surface area contributed by atoms with Crippen molar-refractivity contribution >= 4 is 0 Å². The summed E-state index contributed by atoms with van der Waals surface area (Å²) >= 11 is 0. The number of hydrazine groups is 4. The van der Waals surface area contributed by atoms with Crippen LogP contribution in [0.5, 0.6) is 0 Å². The Hall–Kier alpha value is 0.448. The first-order valence-electron chi connectivity index (χ1n) is 12.4. The summed E-state index contributed by atoms with van der Waals surface area (Å²) < 4.78 is 0. The Morgan fingerprint density at radius 1 is 0.355 bits per heavy atom. The third kappa shape index (κ3) is 12.5. The van der Waals surface area contributed by atoms with Gasteiger partial charge in [0.25, 0.3) is 0 Å². The van der Waals surface area contributed by atoms with Crippen LogP contribution in [0.15, 0.2) is 0 Å². The van der Waals surface area contributed by atoms with E-state index in [4.69, 9.17) is 0 Å². The van der Waals surface area contributed by atoms with E-state index in [9.17, 15) is 0 Å². The van der Waals surface area contributed by atoms with Crippen molar-refractivity contribution in [3.63, 3.8) is 0 Å². The minimum absolute atomic E-state index is 0. The van der Waals surface area contributed by atoms with E-state index < -0.39 is 0 Å². The van der Waals surface area contributed by atoms with Gasteiger partial charge in [0.15, 0.2) is 0 Å². The molecule has 0 unspecified atom stereocenters. The molecule has 6 nitrogen and oxygen atoms in total. The number of rotatable bonds is 12. The summed E-state index contributed by atoms with van der Waals surface area (Å²) in [7, 11) is 0. The van der Waals surface area contributed by atoms with Gasteiger partial charge in [-0.25, -0.2) is 20.0 Å². The predicted molar refractivity (Wildman–Crippen MR) is 135 cm³/mol. The predicted octanol–water partition coefficient (Wildman–Crippen LogP) is 5.20. The Kier molecular flexibility index (Phi) is 20.8. The van der Waals surface area contributed by atoms with Crippen LogP contribution in [-0.4, -0.2) is 93.7 Å². The molecule has 0 heterocycles. The average molecular weight is 615 g/mol. The van der Waals surface area contributed by atoms with Crippen LogP contribution in [0.3, 0.4) is 0 Å². The van der Waals surface area contributed by atoms with Crippen molar-refractivity contribution in [3.8, 4) is 0 Å². The fourth-order valence-electron chi connectivity index (χ4n) is 4.02. The molecular formula is C24H58N6W. The first-order valence-corrected chi connectivity index (χ1v) is 12.4. The molecule has 7 heteroatoms. The topological polar surface area (TPSA) is 19.4 Å². The second-order valence-electron chi connectivity index (χ2n) is 9.48. The van der Waals surface area contributed by atoms with Crippen LogP contribution in [0, 0.1) is 0 Å². The van der Waals surface area contributed by atoms with Gasteiger partial charge in [-0.3, -0.25) is 0 Å². The van der Waals surface area contributed by atoms with Gasteiger partial charge in [0.05, 0.1) is 0 Å². The van der Waals surface area contributed by atoms with Gasteiger partial charge in [-0.1, -0.05) is 55.4 Å². The zero-order valence-electron chi connectivity index (χ0n) is 23.7. The molecule has 0 atom stereocenters. The molecule has 0 spiro atoms. The van der Waals surface area contributed by atoms with Gasteiger partial charge in [0.2, 0.25) is 0 Å². The van der Waals surface area contributed by atoms with E-state index in [0.717, 1.165) is 52.4 Å². The van der Waals surface area contributed by atoms with Gasteiger partial charge in [0.1, 0.15) is 0 Å². The van der Waals surface area contributed by atoms with Crippen LogP contribution in [-0.2, 0) is 21.1 Å². The third-order valence-electron chi connectivity index (χ3n) is 5.19. The second-order valence-corrected chi connectivity index (χ2v) is 9.48. The van der Waals surface area contributed by atoms with Crippen LogP contribution < -0.4 is 0 Å². The molecule has 0 aromatic carbocycles. The van der Waals surface area contributed by atoms with Crippen LogP contribution in [0.1, 0.15) is 96.9 Å². The largest absolute Gasteiger partial charge is 0.228 e. The minimum atomic E-state index is 0. The van der Waals surface area contributed by atoms with Crippen LogP contribution >= 0.6 is 0 Å². The Balaban J connectivity index is -0.000000490. The van der Waals surface area contributed by atoms with E-state index >= 15 is 0 Å². The molecule has 0 amide bonds. The van der Waals surface area contributed by atoms with Gasteiger partial charge in [-0.2, -0.15) is 10.2 Å². The van der Waals surface area contributed by atoms with Crippen LogP contribution in [0.2, 0.25) is 0 Å².